The van der Waals surface area contributed by atoms with E-state index in [-0.39, 0.29) is 23.2 Å². The lowest BCUT2D eigenvalue weighted by atomic mass is 10.1. The van der Waals surface area contributed by atoms with Gasteiger partial charge in [-0.1, -0.05) is 31.2 Å². The second kappa shape index (κ2) is 11.6. The van der Waals surface area contributed by atoms with Crippen molar-refractivity contribution in [3.8, 4) is 0 Å². The Balaban J connectivity index is 1.48. The van der Waals surface area contributed by atoms with E-state index in [1.807, 2.05) is 12.1 Å². The maximum absolute atomic E-state index is 12.4. The molecule has 1 saturated heterocycles. The van der Waals surface area contributed by atoms with E-state index >= 15 is 0 Å². The molecule has 0 spiro atoms. The van der Waals surface area contributed by atoms with Gasteiger partial charge in [-0.3, -0.25) is 9.69 Å². The minimum Gasteiger partial charge on any atom is -0.384 e. The summed E-state index contributed by atoms with van der Waals surface area (Å²) in [6, 6.07) is 14.3. The topological polar surface area (TPSA) is 79.0 Å². The van der Waals surface area contributed by atoms with Crippen LogP contribution in [-0.4, -0.2) is 76.3 Å². The van der Waals surface area contributed by atoms with Gasteiger partial charge in [0.15, 0.2) is 9.84 Å². The standard InChI is InChI=1S/C24H33N3O4S/c1-3-26-12-14-27(15-13-26)19-21-6-4-20(5-7-21)18-25-24(28)22-8-10-23(11-9-22)32(29,30)17-16-31-2/h4-11H,3,12-19H2,1-2H3,(H,25,28). The molecule has 174 valence electrons. The van der Waals surface area contributed by atoms with Crippen LogP contribution < -0.4 is 5.32 Å². The van der Waals surface area contributed by atoms with E-state index in [9.17, 15) is 13.2 Å². The van der Waals surface area contributed by atoms with Crippen molar-refractivity contribution in [3.63, 3.8) is 0 Å². The van der Waals surface area contributed by atoms with Crippen LogP contribution in [0.2, 0.25) is 0 Å². The third kappa shape index (κ3) is 6.87. The lowest BCUT2D eigenvalue weighted by molar-refractivity contribution is 0.0951. The Bertz CT molecular complexity index is 967. The fraction of sp³-hybridized carbons (Fsp3) is 0.458. The SMILES string of the molecule is CCN1CCN(Cc2ccc(CNC(=O)c3ccc(S(=O)(=O)CCOC)cc3)cc2)CC1. The van der Waals surface area contributed by atoms with Crippen molar-refractivity contribution >= 4 is 15.7 Å². The average molecular weight is 460 g/mol. The summed E-state index contributed by atoms with van der Waals surface area (Å²) in [4.78, 5) is 17.6. The molecule has 2 aromatic carbocycles. The number of ether oxygens (including phenoxy) is 1. The molecule has 1 amide bonds. The van der Waals surface area contributed by atoms with Gasteiger partial charge in [-0.15, -0.1) is 0 Å². The molecular weight excluding hydrogens is 426 g/mol. The van der Waals surface area contributed by atoms with Gasteiger partial charge < -0.3 is 15.0 Å². The normalized spacial score (nSPS) is 15.6. The molecule has 1 aliphatic rings. The van der Waals surface area contributed by atoms with Crippen molar-refractivity contribution in [2.24, 2.45) is 0 Å². The number of methoxy groups -OCH3 is 1. The first kappa shape index (κ1) is 24.4. The molecule has 0 atom stereocenters. The molecule has 1 fully saturated rings. The fourth-order valence-corrected chi connectivity index (χ4v) is 4.87. The van der Waals surface area contributed by atoms with Crippen molar-refractivity contribution in [2.75, 3.05) is 52.2 Å². The largest absolute Gasteiger partial charge is 0.384 e. The van der Waals surface area contributed by atoms with Gasteiger partial charge in [0.25, 0.3) is 5.91 Å². The first-order valence-corrected chi connectivity index (χ1v) is 12.7. The molecular formula is C24H33N3O4S. The third-order valence-corrected chi connectivity index (χ3v) is 7.52. The fourth-order valence-electron chi connectivity index (χ4n) is 3.69. The van der Waals surface area contributed by atoms with Crippen LogP contribution in [0.5, 0.6) is 0 Å². The monoisotopic (exact) mass is 459 g/mol. The molecule has 0 unspecified atom stereocenters. The van der Waals surface area contributed by atoms with Crippen LogP contribution in [0.1, 0.15) is 28.4 Å². The summed E-state index contributed by atoms with van der Waals surface area (Å²) in [5.74, 6) is -0.316. The second-order valence-corrected chi connectivity index (χ2v) is 10.2. The molecule has 8 heteroatoms. The molecule has 0 aliphatic carbocycles. The Kier molecular flexibility index (Phi) is 8.81. The van der Waals surface area contributed by atoms with Gasteiger partial charge in [-0.25, -0.2) is 8.42 Å². The summed E-state index contributed by atoms with van der Waals surface area (Å²) in [5.41, 5.74) is 2.73. The Labute approximate surface area is 191 Å². The number of likely N-dealkylation sites (N-methyl/N-ethyl adjacent to an activating group) is 1. The number of carbonyl (C=O) groups excluding carboxylic acids is 1. The van der Waals surface area contributed by atoms with Crippen molar-refractivity contribution < 1.29 is 17.9 Å². The Morgan fingerprint density at radius 3 is 2.12 bits per heavy atom. The highest BCUT2D eigenvalue weighted by Crippen LogP contribution is 2.14. The van der Waals surface area contributed by atoms with E-state index in [0.29, 0.717) is 12.1 Å². The molecule has 0 radical (unpaired) electrons. The molecule has 1 aliphatic heterocycles. The smallest absolute Gasteiger partial charge is 0.251 e. The van der Waals surface area contributed by atoms with Gasteiger partial charge in [0.05, 0.1) is 17.3 Å². The summed E-state index contributed by atoms with van der Waals surface area (Å²) in [5, 5.41) is 2.90. The number of nitrogens with zero attached hydrogens (tertiary/aromatic N) is 2. The van der Waals surface area contributed by atoms with Gasteiger partial charge in [0.1, 0.15) is 0 Å². The predicted octanol–water partition coefficient (Wildman–Crippen LogP) is 2.17. The van der Waals surface area contributed by atoms with Crippen molar-refractivity contribution in [1.29, 1.82) is 0 Å². The van der Waals surface area contributed by atoms with Crippen molar-refractivity contribution in [1.82, 2.24) is 15.1 Å². The maximum Gasteiger partial charge on any atom is 0.251 e. The number of benzene rings is 2. The third-order valence-electron chi connectivity index (χ3n) is 5.83. The molecule has 0 aromatic heterocycles. The number of carbonyl (C=O) groups is 1. The zero-order valence-corrected chi connectivity index (χ0v) is 19.7. The molecule has 0 bridgehead atoms. The Morgan fingerprint density at radius 1 is 0.938 bits per heavy atom. The number of rotatable bonds is 10. The molecule has 1 heterocycles. The summed E-state index contributed by atoms with van der Waals surface area (Å²) in [6.45, 7) is 9.27. The van der Waals surface area contributed by atoms with Crippen LogP contribution >= 0.6 is 0 Å². The maximum atomic E-state index is 12.4. The number of hydrogen-bond acceptors (Lipinski definition) is 6. The summed E-state index contributed by atoms with van der Waals surface area (Å²) in [7, 11) is -1.94. The molecule has 3 rings (SSSR count). The minimum atomic E-state index is -3.40. The van der Waals surface area contributed by atoms with Gasteiger partial charge in [0, 0.05) is 51.9 Å². The average Bonchev–Trinajstić information content (AvgIpc) is 2.82. The van der Waals surface area contributed by atoms with Gasteiger partial charge in [0.2, 0.25) is 0 Å². The Morgan fingerprint density at radius 2 is 1.53 bits per heavy atom. The van der Waals surface area contributed by atoms with E-state index < -0.39 is 9.84 Å². The molecule has 1 N–H and O–H groups in total. The molecule has 7 nitrogen and oxygen atoms in total. The highest BCUT2D eigenvalue weighted by Gasteiger charge is 2.16. The highest BCUT2D eigenvalue weighted by molar-refractivity contribution is 7.91. The lowest BCUT2D eigenvalue weighted by Crippen LogP contribution is -2.45. The number of piperazine rings is 1. The van der Waals surface area contributed by atoms with Gasteiger partial charge in [-0.05, 0) is 41.9 Å². The van der Waals surface area contributed by atoms with Gasteiger partial charge in [-0.2, -0.15) is 0 Å². The molecule has 0 saturated carbocycles. The van der Waals surface area contributed by atoms with Crippen LogP contribution in [0.25, 0.3) is 0 Å². The van der Waals surface area contributed by atoms with Gasteiger partial charge >= 0.3 is 0 Å². The van der Waals surface area contributed by atoms with Crippen LogP contribution in [0, 0.1) is 0 Å². The van der Waals surface area contributed by atoms with Crippen LogP contribution in [0.15, 0.2) is 53.4 Å². The predicted molar refractivity (Wildman–Crippen MR) is 125 cm³/mol. The van der Waals surface area contributed by atoms with E-state index in [1.54, 1.807) is 0 Å². The lowest BCUT2D eigenvalue weighted by Gasteiger charge is -2.34. The zero-order chi connectivity index (χ0) is 23.0. The minimum absolute atomic E-state index is 0.0834. The summed E-state index contributed by atoms with van der Waals surface area (Å²) in [6.07, 6.45) is 0. The number of nitrogens with one attached hydrogen (secondary N) is 1. The molecule has 32 heavy (non-hydrogen) atoms. The summed E-state index contributed by atoms with van der Waals surface area (Å²) >= 11 is 0. The quantitative estimate of drug-likeness (QED) is 0.587. The van der Waals surface area contributed by atoms with Crippen molar-refractivity contribution in [3.05, 3.63) is 65.2 Å². The summed E-state index contributed by atoms with van der Waals surface area (Å²) < 4.78 is 29.2. The number of sulfone groups is 1. The van der Waals surface area contributed by atoms with E-state index in [2.05, 4.69) is 34.2 Å². The first-order chi connectivity index (χ1) is 15.4. The zero-order valence-electron chi connectivity index (χ0n) is 18.9. The first-order valence-electron chi connectivity index (χ1n) is 11.0. The second-order valence-electron chi connectivity index (χ2n) is 8.05. The van der Waals surface area contributed by atoms with Crippen LogP contribution in [-0.2, 0) is 27.7 Å². The number of amides is 1. The van der Waals surface area contributed by atoms with Crippen LogP contribution in [0.4, 0.5) is 0 Å². The van der Waals surface area contributed by atoms with Crippen LogP contribution in [0.3, 0.4) is 0 Å². The highest BCUT2D eigenvalue weighted by atomic mass is 32.2. The molecule has 2 aromatic rings. The van der Waals surface area contributed by atoms with Crippen molar-refractivity contribution in [2.45, 2.75) is 24.9 Å². The van der Waals surface area contributed by atoms with E-state index in [1.165, 1.54) is 36.9 Å². The number of hydrogen-bond donors (Lipinski definition) is 1. The Hall–Kier alpha value is -2.26. The van der Waals surface area contributed by atoms with E-state index in [4.69, 9.17) is 4.74 Å². The van der Waals surface area contributed by atoms with E-state index in [0.717, 1.165) is 44.8 Å².